The molecule has 0 radical (unpaired) electrons. The minimum absolute atomic E-state index is 0. The van der Waals surface area contributed by atoms with Gasteiger partial charge in [0.15, 0.2) is 0 Å². The first-order valence-electron chi connectivity index (χ1n) is 5.38. The molecule has 15 heavy (non-hydrogen) atoms. The summed E-state index contributed by atoms with van der Waals surface area (Å²) < 4.78 is 0. The molecular weight excluding hydrogens is 294 g/mol. The Labute approximate surface area is 109 Å². The van der Waals surface area contributed by atoms with E-state index in [1.807, 2.05) is 0 Å². The van der Waals surface area contributed by atoms with E-state index in [1.54, 1.807) is 5.30 Å². The summed E-state index contributed by atoms with van der Waals surface area (Å²) >= 11 is 0. The van der Waals surface area contributed by atoms with Gasteiger partial charge in [0.1, 0.15) is 0 Å². The van der Waals surface area contributed by atoms with E-state index in [0.29, 0.717) is 5.16 Å². The van der Waals surface area contributed by atoms with E-state index >= 15 is 0 Å². The number of rotatable bonds is 3. The number of hydrogen-bond donors (Lipinski definition) is 0. The molecule has 0 aliphatic carbocycles. The smallest absolute Gasteiger partial charge is 0 e. The van der Waals surface area contributed by atoms with Gasteiger partial charge in [-0.1, -0.05) is 72.4 Å². The van der Waals surface area contributed by atoms with E-state index in [2.05, 4.69) is 58.0 Å². The molecule has 1 atom stereocenters. The molecule has 0 spiro atoms. The average molecular weight is 315 g/mol. The molecule has 0 amide bonds. The Morgan fingerprint density at radius 2 is 1.60 bits per heavy atom. The zero-order valence-electron chi connectivity index (χ0n) is 10.1. The third-order valence-corrected chi connectivity index (χ3v) is 5.76. The van der Waals surface area contributed by atoms with Gasteiger partial charge in [-0.05, 0) is 16.6 Å². The fraction of sp³-hybridized carbons (Fsp3) is 0.538. The van der Waals surface area contributed by atoms with Crippen LogP contribution in [0.15, 0.2) is 30.3 Å². The maximum Gasteiger partial charge on any atom is 0 e. The summed E-state index contributed by atoms with van der Waals surface area (Å²) in [6.45, 7) is 9.37. The molecule has 0 N–H and O–H groups in total. The van der Waals surface area contributed by atoms with Gasteiger partial charge in [-0.2, -0.15) is 0 Å². The number of benzene rings is 1. The zero-order chi connectivity index (χ0) is 10.6. The van der Waals surface area contributed by atoms with E-state index in [4.69, 9.17) is 0 Å². The van der Waals surface area contributed by atoms with Crippen molar-refractivity contribution in [2.24, 2.45) is 0 Å². The van der Waals surface area contributed by atoms with Crippen molar-refractivity contribution in [3.8, 4) is 0 Å². The average Bonchev–Trinajstić information content (AvgIpc) is 2.14. The van der Waals surface area contributed by atoms with Crippen LogP contribution in [-0.4, -0.2) is 11.3 Å². The minimum Gasteiger partial charge on any atom is -0.0698 e. The molecule has 0 heterocycles. The van der Waals surface area contributed by atoms with Gasteiger partial charge in [0.2, 0.25) is 0 Å². The van der Waals surface area contributed by atoms with Gasteiger partial charge in [0, 0.05) is 20.4 Å². The Morgan fingerprint density at radius 1 is 1.07 bits per heavy atom. The van der Waals surface area contributed by atoms with E-state index in [1.165, 1.54) is 12.6 Å². The number of hydrogen-bond acceptors (Lipinski definition) is 0. The monoisotopic (exact) mass is 314 g/mol. The quantitative estimate of drug-likeness (QED) is 0.584. The van der Waals surface area contributed by atoms with Gasteiger partial charge in [0.25, 0.3) is 0 Å². The van der Waals surface area contributed by atoms with Crippen molar-refractivity contribution >= 4 is 13.2 Å². The molecule has 2 heteroatoms. The molecule has 0 bridgehead atoms. The van der Waals surface area contributed by atoms with Crippen molar-refractivity contribution in [2.45, 2.75) is 39.3 Å². The summed E-state index contributed by atoms with van der Waals surface area (Å²) in [5, 5.41) is 1.99. The third-order valence-electron chi connectivity index (χ3n) is 2.32. The fourth-order valence-electron chi connectivity index (χ4n) is 1.68. The van der Waals surface area contributed by atoms with Crippen molar-refractivity contribution in [2.75, 3.05) is 6.16 Å². The molecule has 0 aliphatic heterocycles. The molecule has 1 rings (SSSR count). The molecule has 1 aromatic rings. The van der Waals surface area contributed by atoms with Crippen LogP contribution in [0.25, 0.3) is 0 Å². The van der Waals surface area contributed by atoms with Crippen molar-refractivity contribution < 1.29 is 20.4 Å². The first kappa shape index (κ1) is 15.3. The molecule has 0 nitrogen and oxygen atoms in total. The Hall–Kier alpha value is 0.312. The van der Waals surface area contributed by atoms with Crippen molar-refractivity contribution in [1.29, 1.82) is 0 Å². The maximum absolute atomic E-state index is 2.36. The molecule has 0 aromatic heterocycles. The van der Waals surface area contributed by atoms with Crippen LogP contribution in [0.2, 0.25) is 0 Å². The summed E-state index contributed by atoms with van der Waals surface area (Å²) in [6, 6.07) is 11.0. The molecular formula is C13H21PPd. The molecule has 0 aliphatic rings. The van der Waals surface area contributed by atoms with Crippen molar-refractivity contribution in [3.05, 3.63) is 30.3 Å². The van der Waals surface area contributed by atoms with Crippen LogP contribution in [0.5, 0.6) is 0 Å². The van der Waals surface area contributed by atoms with Gasteiger partial charge in [-0.15, -0.1) is 0 Å². The van der Waals surface area contributed by atoms with E-state index < -0.39 is 0 Å². The van der Waals surface area contributed by atoms with Crippen LogP contribution in [0.1, 0.15) is 34.1 Å². The summed E-state index contributed by atoms with van der Waals surface area (Å²) in [4.78, 5) is 0. The largest absolute Gasteiger partial charge is 0.0698 e. The summed E-state index contributed by atoms with van der Waals surface area (Å²) in [7, 11) is 0.00309. The third kappa shape index (κ3) is 4.78. The van der Waals surface area contributed by atoms with Crippen LogP contribution in [0, 0.1) is 0 Å². The van der Waals surface area contributed by atoms with Gasteiger partial charge < -0.3 is 0 Å². The Morgan fingerprint density at radius 3 is 2.00 bits per heavy atom. The normalized spacial score (nSPS) is 13.1. The first-order valence-corrected chi connectivity index (χ1v) is 6.91. The van der Waals surface area contributed by atoms with E-state index in [0.717, 1.165) is 0 Å². The van der Waals surface area contributed by atoms with Crippen molar-refractivity contribution in [3.63, 3.8) is 0 Å². The molecule has 0 saturated heterocycles. The predicted octanol–water partition coefficient (Wildman–Crippen LogP) is 4.00. The summed E-state index contributed by atoms with van der Waals surface area (Å²) in [5.41, 5.74) is 0. The summed E-state index contributed by atoms with van der Waals surface area (Å²) in [6.07, 6.45) is 2.64. The molecule has 1 aromatic carbocycles. The first-order chi connectivity index (χ1) is 6.55. The fourth-order valence-corrected chi connectivity index (χ4v) is 4.37. The van der Waals surface area contributed by atoms with Crippen LogP contribution >= 0.6 is 7.92 Å². The van der Waals surface area contributed by atoms with Gasteiger partial charge in [-0.3, -0.25) is 0 Å². The van der Waals surface area contributed by atoms with Crippen LogP contribution in [0.4, 0.5) is 0 Å². The second-order valence-corrected chi connectivity index (χ2v) is 7.82. The van der Waals surface area contributed by atoms with E-state index in [-0.39, 0.29) is 28.3 Å². The Kier molecular flexibility index (Phi) is 6.94. The maximum atomic E-state index is 2.36. The topological polar surface area (TPSA) is 0 Å². The zero-order valence-corrected chi connectivity index (χ0v) is 12.5. The Bertz CT molecular complexity index is 264. The van der Waals surface area contributed by atoms with Crippen LogP contribution < -0.4 is 5.30 Å². The van der Waals surface area contributed by atoms with Gasteiger partial charge in [-0.25, -0.2) is 0 Å². The predicted molar refractivity (Wildman–Crippen MR) is 67.9 cm³/mol. The SMILES string of the molecule is CCCP(c1ccccc1)C(C)(C)C.[Pd]. The van der Waals surface area contributed by atoms with Crippen molar-refractivity contribution in [1.82, 2.24) is 0 Å². The molecule has 0 saturated carbocycles. The standard InChI is InChI=1S/C13H21P.Pd/c1-5-11-14(13(2,3)4)12-9-7-6-8-10-12;/h6-10H,5,11H2,1-4H3;. The minimum atomic E-state index is 0. The van der Waals surface area contributed by atoms with Crippen LogP contribution in [0.3, 0.4) is 0 Å². The van der Waals surface area contributed by atoms with Crippen LogP contribution in [-0.2, 0) is 20.4 Å². The Balaban J connectivity index is 0.00000196. The molecule has 0 fully saturated rings. The molecule has 1 unspecified atom stereocenters. The van der Waals surface area contributed by atoms with E-state index in [9.17, 15) is 0 Å². The second-order valence-electron chi connectivity index (χ2n) is 4.66. The second kappa shape index (κ2) is 6.80. The molecule has 88 valence electrons. The summed E-state index contributed by atoms with van der Waals surface area (Å²) in [5.74, 6) is 0. The van der Waals surface area contributed by atoms with Gasteiger partial charge >= 0.3 is 0 Å². The van der Waals surface area contributed by atoms with Gasteiger partial charge in [0.05, 0.1) is 0 Å².